The Balaban J connectivity index is 1.32. The average molecular weight is 551 g/mol. The molecule has 0 saturated heterocycles. The van der Waals surface area contributed by atoms with Crippen LogP contribution in [-0.2, 0) is 20.0 Å². The molecular weight excluding hydrogens is 524 g/mol. The van der Waals surface area contributed by atoms with Crippen LogP contribution in [0.25, 0.3) is 0 Å². The Labute approximate surface area is 222 Å². The van der Waals surface area contributed by atoms with E-state index in [2.05, 4.69) is 20.1 Å². The van der Waals surface area contributed by atoms with Gasteiger partial charge in [0.2, 0.25) is 0 Å². The van der Waals surface area contributed by atoms with E-state index in [-0.39, 0.29) is 9.79 Å². The summed E-state index contributed by atoms with van der Waals surface area (Å²) in [5, 5.41) is 5.32. The number of rotatable bonds is 8. The van der Waals surface area contributed by atoms with E-state index in [0.717, 1.165) is 11.1 Å². The van der Waals surface area contributed by atoms with Gasteiger partial charge in [0.1, 0.15) is 0 Å². The fourth-order valence-corrected chi connectivity index (χ4v) is 5.52. The van der Waals surface area contributed by atoms with Crippen molar-refractivity contribution in [2.45, 2.75) is 23.6 Å². The minimum atomic E-state index is -3.73. The van der Waals surface area contributed by atoms with Crippen LogP contribution in [0.4, 0.5) is 27.5 Å². The Bertz CT molecular complexity index is 1510. The fourth-order valence-electron chi connectivity index (χ4n) is 3.40. The number of benzene rings is 4. The molecule has 0 aliphatic heterocycles. The molecule has 196 valence electrons. The van der Waals surface area contributed by atoms with Gasteiger partial charge in [-0.3, -0.25) is 9.44 Å². The summed E-state index contributed by atoms with van der Waals surface area (Å²) in [6.45, 7) is 3.75. The predicted molar refractivity (Wildman–Crippen MR) is 150 cm³/mol. The lowest BCUT2D eigenvalue weighted by Crippen LogP contribution is -2.19. The minimum absolute atomic E-state index is 0.152. The van der Waals surface area contributed by atoms with Gasteiger partial charge in [-0.15, -0.1) is 0 Å². The molecule has 0 aliphatic rings. The average Bonchev–Trinajstić information content (AvgIpc) is 2.86. The molecule has 0 heterocycles. The minimum Gasteiger partial charge on any atom is -0.308 e. The van der Waals surface area contributed by atoms with Crippen molar-refractivity contribution >= 4 is 48.8 Å². The monoisotopic (exact) mass is 550 g/mol. The van der Waals surface area contributed by atoms with Crippen LogP contribution in [0.1, 0.15) is 11.1 Å². The SMILES string of the molecule is Cc1ccc(S(=O)(=O)Nc2ccc(NC(=O)Nc3ccc(NS(=O)(=O)c4ccc(C)cc4)cc3)cc2)cc1. The molecule has 0 saturated carbocycles. The molecular formula is C27H26N4O5S2. The lowest BCUT2D eigenvalue weighted by atomic mass is 10.2. The quantitative estimate of drug-likeness (QED) is 0.228. The van der Waals surface area contributed by atoms with Crippen LogP contribution < -0.4 is 20.1 Å². The normalized spacial score (nSPS) is 11.4. The highest BCUT2D eigenvalue weighted by molar-refractivity contribution is 7.93. The van der Waals surface area contributed by atoms with Crippen LogP contribution in [-0.4, -0.2) is 22.9 Å². The number of carbonyl (C=O) groups is 1. The zero-order valence-corrected chi connectivity index (χ0v) is 22.2. The van der Waals surface area contributed by atoms with Crippen molar-refractivity contribution in [1.29, 1.82) is 0 Å². The van der Waals surface area contributed by atoms with E-state index in [4.69, 9.17) is 0 Å². The summed E-state index contributed by atoms with van der Waals surface area (Å²) < 4.78 is 55.1. The number of hydrogen-bond acceptors (Lipinski definition) is 5. The van der Waals surface area contributed by atoms with Crippen LogP contribution in [0.5, 0.6) is 0 Å². The molecule has 4 N–H and O–H groups in total. The summed E-state index contributed by atoms with van der Waals surface area (Å²) >= 11 is 0. The van der Waals surface area contributed by atoms with Gasteiger partial charge >= 0.3 is 6.03 Å². The van der Waals surface area contributed by atoms with E-state index in [1.807, 2.05) is 13.8 Å². The van der Waals surface area contributed by atoms with Crippen molar-refractivity contribution in [2.24, 2.45) is 0 Å². The molecule has 0 fully saturated rings. The number of carbonyl (C=O) groups excluding carboxylic acids is 1. The third-order valence-electron chi connectivity index (χ3n) is 5.45. The van der Waals surface area contributed by atoms with Gasteiger partial charge in [0.15, 0.2) is 0 Å². The molecule has 0 unspecified atom stereocenters. The first-order valence-electron chi connectivity index (χ1n) is 11.5. The maximum absolute atomic E-state index is 12.5. The molecule has 0 aliphatic carbocycles. The van der Waals surface area contributed by atoms with Gasteiger partial charge < -0.3 is 10.6 Å². The van der Waals surface area contributed by atoms with Crippen LogP contribution in [0.15, 0.2) is 107 Å². The molecule has 0 bridgehead atoms. The zero-order valence-electron chi connectivity index (χ0n) is 20.6. The number of anilines is 4. The summed E-state index contributed by atoms with van der Waals surface area (Å²) in [6, 6.07) is 24.9. The summed E-state index contributed by atoms with van der Waals surface area (Å²) in [5.41, 5.74) is 3.50. The molecule has 4 aromatic rings. The lowest BCUT2D eigenvalue weighted by Gasteiger charge is -2.11. The third-order valence-corrected chi connectivity index (χ3v) is 8.25. The number of aryl methyl sites for hydroxylation is 2. The van der Waals surface area contributed by atoms with E-state index in [0.29, 0.717) is 22.7 Å². The number of urea groups is 1. The first kappa shape index (κ1) is 26.7. The molecule has 2 amide bonds. The standard InChI is InChI=1S/C27H26N4O5S2/c1-19-3-15-25(16-4-19)37(33,34)30-23-11-7-21(8-12-23)28-27(32)29-22-9-13-24(14-10-22)31-38(35,36)26-17-5-20(2)6-18-26/h3-18,30-31H,1-2H3,(H2,28,29,32). The van der Waals surface area contributed by atoms with Gasteiger partial charge in [0, 0.05) is 22.7 Å². The maximum atomic E-state index is 12.5. The van der Waals surface area contributed by atoms with E-state index in [1.165, 1.54) is 48.5 Å². The second-order valence-corrected chi connectivity index (χ2v) is 11.9. The van der Waals surface area contributed by atoms with E-state index in [1.54, 1.807) is 48.5 Å². The highest BCUT2D eigenvalue weighted by Crippen LogP contribution is 2.21. The topological polar surface area (TPSA) is 133 Å². The number of amides is 2. The first-order chi connectivity index (χ1) is 18.0. The lowest BCUT2D eigenvalue weighted by molar-refractivity contribution is 0.262. The summed E-state index contributed by atoms with van der Waals surface area (Å²) in [5.74, 6) is 0. The Kier molecular flexibility index (Phi) is 7.70. The highest BCUT2D eigenvalue weighted by Gasteiger charge is 2.15. The predicted octanol–water partition coefficient (Wildman–Crippen LogP) is 5.55. The summed E-state index contributed by atoms with van der Waals surface area (Å²) in [7, 11) is -7.46. The van der Waals surface area contributed by atoms with Crippen molar-refractivity contribution < 1.29 is 21.6 Å². The third kappa shape index (κ3) is 6.90. The van der Waals surface area contributed by atoms with Gasteiger partial charge in [-0.2, -0.15) is 0 Å². The van der Waals surface area contributed by atoms with Gasteiger partial charge in [0.25, 0.3) is 20.0 Å². The highest BCUT2D eigenvalue weighted by atomic mass is 32.2. The van der Waals surface area contributed by atoms with Gasteiger partial charge in [-0.25, -0.2) is 21.6 Å². The zero-order chi connectivity index (χ0) is 27.3. The molecule has 4 aromatic carbocycles. The Morgan fingerprint density at radius 2 is 0.763 bits per heavy atom. The molecule has 9 nitrogen and oxygen atoms in total. The largest absolute Gasteiger partial charge is 0.323 e. The Morgan fingerprint density at radius 1 is 0.474 bits per heavy atom. The van der Waals surface area contributed by atoms with Crippen molar-refractivity contribution in [3.05, 3.63) is 108 Å². The second kappa shape index (κ2) is 11.0. The molecule has 38 heavy (non-hydrogen) atoms. The van der Waals surface area contributed by atoms with Gasteiger partial charge in [-0.05, 0) is 86.6 Å². The number of nitrogens with one attached hydrogen (secondary N) is 4. The number of hydrogen-bond donors (Lipinski definition) is 4. The van der Waals surface area contributed by atoms with Crippen LogP contribution >= 0.6 is 0 Å². The molecule has 0 atom stereocenters. The molecule has 0 spiro atoms. The summed E-state index contributed by atoms with van der Waals surface area (Å²) in [4.78, 5) is 12.7. The Hall–Kier alpha value is -4.35. The fraction of sp³-hybridized carbons (Fsp3) is 0.0741. The van der Waals surface area contributed by atoms with Crippen molar-refractivity contribution in [2.75, 3.05) is 20.1 Å². The smallest absolute Gasteiger partial charge is 0.308 e. The van der Waals surface area contributed by atoms with Gasteiger partial charge in [0.05, 0.1) is 9.79 Å². The molecule has 4 rings (SSSR count). The summed E-state index contributed by atoms with van der Waals surface area (Å²) in [6.07, 6.45) is 0. The molecule has 0 radical (unpaired) electrons. The van der Waals surface area contributed by atoms with Crippen molar-refractivity contribution in [1.82, 2.24) is 0 Å². The van der Waals surface area contributed by atoms with Crippen molar-refractivity contribution in [3.63, 3.8) is 0 Å². The molecule has 0 aromatic heterocycles. The van der Waals surface area contributed by atoms with E-state index in [9.17, 15) is 21.6 Å². The van der Waals surface area contributed by atoms with Crippen LogP contribution in [0.3, 0.4) is 0 Å². The number of sulfonamides is 2. The first-order valence-corrected chi connectivity index (χ1v) is 14.4. The van der Waals surface area contributed by atoms with Crippen LogP contribution in [0, 0.1) is 13.8 Å². The van der Waals surface area contributed by atoms with Gasteiger partial charge in [-0.1, -0.05) is 35.4 Å². The molecule has 11 heteroatoms. The van der Waals surface area contributed by atoms with E-state index < -0.39 is 26.1 Å². The second-order valence-electron chi connectivity index (χ2n) is 8.57. The van der Waals surface area contributed by atoms with Crippen LogP contribution in [0.2, 0.25) is 0 Å². The van der Waals surface area contributed by atoms with E-state index >= 15 is 0 Å². The van der Waals surface area contributed by atoms with Crippen molar-refractivity contribution in [3.8, 4) is 0 Å². The Morgan fingerprint density at radius 3 is 1.08 bits per heavy atom. The maximum Gasteiger partial charge on any atom is 0.323 e.